The van der Waals surface area contributed by atoms with Crippen molar-refractivity contribution in [2.45, 2.75) is 25.8 Å². The summed E-state index contributed by atoms with van der Waals surface area (Å²) in [5.41, 5.74) is 5.04. The van der Waals surface area contributed by atoms with Gasteiger partial charge >= 0.3 is 223 Å². The number of ether oxygens (including phenoxy) is 1. The predicted octanol–water partition coefficient (Wildman–Crippen LogP) is 5.99. The normalized spacial score (nSPS) is 15.9. The van der Waals surface area contributed by atoms with Crippen LogP contribution in [0.3, 0.4) is 0 Å². The Hall–Kier alpha value is -3.66. The molecule has 0 spiro atoms. The number of hydrogen-bond donors (Lipinski definition) is 0. The molecule has 0 atom stereocenters. The summed E-state index contributed by atoms with van der Waals surface area (Å²) in [4.78, 5) is 13.1. The van der Waals surface area contributed by atoms with E-state index in [0.29, 0.717) is 19.6 Å². The van der Waals surface area contributed by atoms with Crippen LogP contribution in [-0.2, 0) is 21.5 Å². The molecule has 5 aromatic rings. The van der Waals surface area contributed by atoms with E-state index < -0.39 is 0 Å². The van der Waals surface area contributed by atoms with Crippen molar-refractivity contribution in [3.05, 3.63) is 101 Å². The molecule has 4 aromatic carbocycles. The first-order valence-corrected chi connectivity index (χ1v) is 14.3. The number of hydrogen-bond acceptors (Lipinski definition) is 3. The van der Waals surface area contributed by atoms with Crippen LogP contribution < -0.4 is 9.47 Å². The van der Waals surface area contributed by atoms with Gasteiger partial charge in [0.05, 0.1) is 0 Å². The molecule has 0 saturated carbocycles. The second-order valence-corrected chi connectivity index (χ2v) is 12.2. The molecule has 1 aliphatic rings. The molecule has 2 heterocycles. The van der Waals surface area contributed by atoms with E-state index in [0.717, 1.165) is 0 Å². The molecule has 0 aliphatic carbocycles. The molecule has 5 heteroatoms. The number of carbonyl (C=O) groups excluding carboxylic acids is 1. The van der Waals surface area contributed by atoms with Crippen molar-refractivity contribution in [2.24, 2.45) is 0 Å². The maximum absolute atomic E-state index is 10.7. The molecule has 0 saturated heterocycles. The van der Waals surface area contributed by atoms with E-state index in [9.17, 15) is 4.79 Å². The molecule has 4 nitrogen and oxygen atoms in total. The van der Waals surface area contributed by atoms with Crippen molar-refractivity contribution >= 4 is 64.1 Å². The fourth-order valence-electron chi connectivity index (χ4n) is 5.91. The fourth-order valence-corrected chi connectivity index (χ4v) is 8.22. The average molecular weight is 553 g/mol. The third-order valence-corrected chi connectivity index (χ3v) is 9.87. The van der Waals surface area contributed by atoms with Crippen LogP contribution in [0.5, 0.6) is 0 Å². The fraction of sp³-hybridized carbons (Fsp3) is 0.188. The Morgan fingerprint density at radius 1 is 0.919 bits per heavy atom. The number of rotatable bonds is 6. The standard InChI is InChI=1S/C32H29N2O2Se/c1-32(2)28(17-10-18-29-34(19-20-36-21-35)26-15-8-9-16-27(26)37-29)33(3)31-25-14-7-5-12-23(25)22-11-4-6-13-24(22)30(31)32/h4-18,21H,19-20H2,1-3H3/q+1. The Labute approximate surface area is 222 Å². The molecule has 0 unspecified atom stereocenters. The average Bonchev–Trinajstić information content (AvgIpc) is 3.36. The Morgan fingerprint density at radius 2 is 1.57 bits per heavy atom. The summed E-state index contributed by atoms with van der Waals surface area (Å²) in [6, 6.07) is 26.1. The van der Waals surface area contributed by atoms with Gasteiger partial charge in [0, 0.05) is 0 Å². The van der Waals surface area contributed by atoms with E-state index in [1.165, 1.54) is 52.8 Å². The van der Waals surface area contributed by atoms with E-state index in [-0.39, 0.29) is 19.9 Å². The van der Waals surface area contributed by atoms with Gasteiger partial charge in [-0.05, 0) is 0 Å². The molecule has 37 heavy (non-hydrogen) atoms. The van der Waals surface area contributed by atoms with E-state index in [1.54, 1.807) is 0 Å². The second-order valence-electron chi connectivity index (χ2n) is 9.94. The molecule has 0 fully saturated rings. The van der Waals surface area contributed by atoms with Gasteiger partial charge in [-0.1, -0.05) is 0 Å². The van der Waals surface area contributed by atoms with Crippen molar-refractivity contribution < 1.29 is 14.1 Å². The maximum atomic E-state index is 10.7. The third kappa shape index (κ3) is 3.81. The Morgan fingerprint density at radius 3 is 2.32 bits per heavy atom. The van der Waals surface area contributed by atoms with Crippen molar-refractivity contribution in [3.8, 4) is 0 Å². The number of allylic oxidation sites excluding steroid dienone is 3. The van der Waals surface area contributed by atoms with Gasteiger partial charge in [0.15, 0.2) is 0 Å². The number of para-hydroxylation sites is 1. The van der Waals surface area contributed by atoms with E-state index in [2.05, 4.69) is 121 Å². The van der Waals surface area contributed by atoms with Gasteiger partial charge in [0.2, 0.25) is 0 Å². The number of benzene rings is 4. The first-order valence-electron chi connectivity index (χ1n) is 12.6. The minimum atomic E-state index is -0.149. The van der Waals surface area contributed by atoms with Gasteiger partial charge in [-0.3, -0.25) is 0 Å². The summed E-state index contributed by atoms with van der Waals surface area (Å²) in [5.74, 6) is 0. The summed E-state index contributed by atoms with van der Waals surface area (Å²) in [6.07, 6.45) is 6.70. The molecule has 0 amide bonds. The summed E-state index contributed by atoms with van der Waals surface area (Å²) >= 11 is 0.208. The Bertz CT molecular complexity index is 1730. The molecule has 1 aliphatic heterocycles. The molecule has 184 valence electrons. The monoisotopic (exact) mass is 553 g/mol. The predicted molar refractivity (Wildman–Crippen MR) is 153 cm³/mol. The molecule has 6 rings (SSSR count). The Balaban J connectivity index is 1.45. The zero-order valence-corrected chi connectivity index (χ0v) is 23.0. The number of nitrogens with zero attached hydrogens (tertiary/aromatic N) is 2. The van der Waals surface area contributed by atoms with Crippen LogP contribution >= 0.6 is 0 Å². The molecular weight excluding hydrogens is 523 g/mol. The van der Waals surface area contributed by atoms with E-state index >= 15 is 0 Å². The first-order chi connectivity index (χ1) is 18.0. The number of anilines is 1. The first kappa shape index (κ1) is 23.7. The number of carbonyl (C=O) groups is 1. The number of likely N-dealkylation sites (N-methyl/N-ethyl adjacent to an activating group) is 1. The second kappa shape index (κ2) is 9.33. The van der Waals surface area contributed by atoms with Crippen molar-refractivity contribution in [1.82, 2.24) is 0 Å². The third-order valence-electron chi connectivity index (χ3n) is 7.50. The van der Waals surface area contributed by atoms with Gasteiger partial charge in [-0.15, -0.1) is 0 Å². The van der Waals surface area contributed by atoms with Crippen LogP contribution in [0, 0.1) is 0 Å². The zero-order chi connectivity index (χ0) is 25.6. The van der Waals surface area contributed by atoms with E-state index in [4.69, 9.17) is 4.74 Å². The van der Waals surface area contributed by atoms with Crippen molar-refractivity contribution in [3.63, 3.8) is 0 Å². The molecule has 0 N–H and O–H groups in total. The number of fused-ring (bicyclic) bond motifs is 7. The summed E-state index contributed by atoms with van der Waals surface area (Å²) in [6.45, 7) is 6.22. The minimum absolute atomic E-state index is 0.149. The van der Waals surface area contributed by atoms with Gasteiger partial charge in [-0.2, -0.15) is 0 Å². The van der Waals surface area contributed by atoms with Crippen LogP contribution in [0.25, 0.3) is 37.4 Å². The topological polar surface area (TPSA) is 33.4 Å². The molecule has 1 aromatic heterocycles. The van der Waals surface area contributed by atoms with E-state index in [1.807, 2.05) is 0 Å². The van der Waals surface area contributed by atoms with Gasteiger partial charge in [0.25, 0.3) is 0 Å². The van der Waals surface area contributed by atoms with Crippen LogP contribution in [0.4, 0.5) is 5.69 Å². The molecule has 0 bridgehead atoms. The summed E-state index contributed by atoms with van der Waals surface area (Å²) in [5, 5.41) is 5.23. The Kier molecular flexibility index (Phi) is 5.98. The quantitative estimate of drug-likeness (QED) is 0.0854. The van der Waals surface area contributed by atoms with Crippen LogP contribution in [0.1, 0.15) is 24.0 Å². The van der Waals surface area contributed by atoms with Crippen molar-refractivity contribution in [1.29, 1.82) is 0 Å². The van der Waals surface area contributed by atoms with Crippen molar-refractivity contribution in [2.75, 3.05) is 18.6 Å². The van der Waals surface area contributed by atoms with Crippen LogP contribution in [0.2, 0.25) is 0 Å². The summed E-state index contributed by atoms with van der Waals surface area (Å²) in [7, 11) is 2.19. The van der Waals surface area contributed by atoms with Gasteiger partial charge in [0.1, 0.15) is 0 Å². The van der Waals surface area contributed by atoms with Gasteiger partial charge in [-0.25, -0.2) is 0 Å². The van der Waals surface area contributed by atoms with Gasteiger partial charge < -0.3 is 0 Å². The summed E-state index contributed by atoms with van der Waals surface area (Å²) < 4.78 is 9.93. The van der Waals surface area contributed by atoms with Crippen LogP contribution in [0.15, 0.2) is 90.6 Å². The zero-order valence-electron chi connectivity index (χ0n) is 21.3. The number of aromatic nitrogens is 1. The molecular formula is C32H29N2O2Se+. The van der Waals surface area contributed by atoms with Crippen LogP contribution in [-0.4, -0.2) is 34.6 Å². The SMILES string of the molecule is CN1C(=CC=Cc2[se]c3ccccc3[n+]2CCOC=O)C(C)(C)c2c1c1ccccc1c1ccccc21. The molecule has 0 radical (unpaired) electrons.